The van der Waals surface area contributed by atoms with E-state index < -0.39 is 4.92 Å². The Morgan fingerprint density at radius 2 is 2.03 bits per heavy atom. The van der Waals surface area contributed by atoms with Crippen LogP contribution in [0.4, 0.5) is 5.69 Å². The normalized spacial score (nSPS) is 13.3. The van der Waals surface area contributed by atoms with E-state index in [0.29, 0.717) is 33.5 Å². The van der Waals surface area contributed by atoms with Crippen LogP contribution in [0.3, 0.4) is 0 Å². The first-order valence-corrected chi connectivity index (χ1v) is 9.45. The van der Waals surface area contributed by atoms with E-state index in [2.05, 4.69) is 10.2 Å². The van der Waals surface area contributed by atoms with Gasteiger partial charge in [0, 0.05) is 23.2 Å². The quantitative estimate of drug-likeness (QED) is 0.439. The van der Waals surface area contributed by atoms with E-state index in [1.807, 2.05) is 12.1 Å². The highest BCUT2D eigenvalue weighted by Gasteiger charge is 2.34. The fourth-order valence-corrected chi connectivity index (χ4v) is 3.34. The maximum absolute atomic E-state index is 13.0. The van der Waals surface area contributed by atoms with Gasteiger partial charge < -0.3 is 9.32 Å². The van der Waals surface area contributed by atoms with Crippen LogP contribution in [0.25, 0.3) is 11.5 Å². The highest BCUT2D eigenvalue weighted by Crippen LogP contribution is 2.32. The Balaban J connectivity index is 1.56. The number of carbonyl (C=O) groups is 1. The summed E-state index contributed by atoms with van der Waals surface area (Å²) in [6.07, 6.45) is 1.78. The maximum atomic E-state index is 13.0. The molecule has 1 fully saturated rings. The number of amides is 1. The molecule has 29 heavy (non-hydrogen) atoms. The summed E-state index contributed by atoms with van der Waals surface area (Å²) in [4.78, 5) is 25.3. The number of nitrogens with zero attached hydrogens (tertiary/aromatic N) is 4. The summed E-state index contributed by atoms with van der Waals surface area (Å²) in [7, 11) is 0. The number of carbonyl (C=O) groups excluding carboxylic acids is 1. The van der Waals surface area contributed by atoms with Crippen LogP contribution in [0.2, 0.25) is 5.02 Å². The zero-order valence-electron chi connectivity index (χ0n) is 15.5. The minimum absolute atomic E-state index is 0.0131. The second-order valence-electron chi connectivity index (χ2n) is 6.90. The molecule has 0 N–H and O–H groups in total. The molecule has 1 heterocycles. The van der Waals surface area contributed by atoms with Gasteiger partial charge in [0.2, 0.25) is 11.8 Å². The van der Waals surface area contributed by atoms with Gasteiger partial charge in [-0.3, -0.25) is 14.9 Å². The predicted octanol–water partition coefficient (Wildman–Crippen LogP) is 4.41. The third-order valence-corrected chi connectivity index (χ3v) is 5.10. The molecule has 0 bridgehead atoms. The number of nitro groups is 1. The van der Waals surface area contributed by atoms with E-state index >= 15 is 0 Å². The second-order valence-corrected chi connectivity index (χ2v) is 7.31. The number of hydrogen-bond acceptors (Lipinski definition) is 6. The van der Waals surface area contributed by atoms with Gasteiger partial charge in [0.15, 0.2) is 0 Å². The van der Waals surface area contributed by atoms with Gasteiger partial charge in [0.05, 0.1) is 22.1 Å². The Hall–Kier alpha value is -3.26. The van der Waals surface area contributed by atoms with Crippen LogP contribution in [0.1, 0.15) is 34.7 Å². The molecule has 0 saturated heterocycles. The Morgan fingerprint density at radius 3 is 2.69 bits per heavy atom. The third-order valence-electron chi connectivity index (χ3n) is 4.77. The molecule has 1 aliphatic carbocycles. The lowest BCUT2D eigenvalue weighted by Gasteiger charge is -2.20. The lowest BCUT2D eigenvalue weighted by atomic mass is 10.1. The first-order valence-electron chi connectivity index (χ1n) is 9.07. The van der Waals surface area contributed by atoms with Gasteiger partial charge in [-0.15, -0.1) is 10.2 Å². The second kappa shape index (κ2) is 7.63. The standard InChI is InChI=1S/C20H17ClN4O4/c1-12-10-13(6-9-17(12)25(27)28)20(26)24(14-7-8-14)11-18-22-23-19(29-18)15-4-2-3-5-16(15)21/h2-6,9-10,14H,7-8,11H2,1H3. The van der Waals surface area contributed by atoms with Crippen LogP contribution < -0.4 is 0 Å². The topological polar surface area (TPSA) is 102 Å². The Morgan fingerprint density at radius 1 is 1.28 bits per heavy atom. The molecular formula is C20H17ClN4O4. The van der Waals surface area contributed by atoms with Crippen molar-refractivity contribution in [2.45, 2.75) is 32.4 Å². The molecule has 1 amide bonds. The van der Waals surface area contributed by atoms with Crippen LogP contribution in [0.15, 0.2) is 46.9 Å². The number of rotatable bonds is 6. The van der Waals surface area contributed by atoms with Crippen molar-refractivity contribution in [3.8, 4) is 11.5 Å². The van der Waals surface area contributed by atoms with Crippen molar-refractivity contribution in [1.82, 2.24) is 15.1 Å². The molecule has 8 nitrogen and oxygen atoms in total. The van der Waals surface area contributed by atoms with Gasteiger partial charge in [0.1, 0.15) is 0 Å². The van der Waals surface area contributed by atoms with E-state index in [0.717, 1.165) is 12.8 Å². The number of benzene rings is 2. The number of hydrogen-bond donors (Lipinski definition) is 0. The molecule has 2 aromatic carbocycles. The fourth-order valence-electron chi connectivity index (χ4n) is 3.12. The molecule has 1 aliphatic rings. The largest absolute Gasteiger partial charge is 0.419 e. The molecule has 0 radical (unpaired) electrons. The number of halogens is 1. The lowest BCUT2D eigenvalue weighted by molar-refractivity contribution is -0.385. The summed E-state index contributed by atoms with van der Waals surface area (Å²) in [6.45, 7) is 1.78. The van der Waals surface area contributed by atoms with Crippen LogP contribution in [0, 0.1) is 17.0 Å². The van der Waals surface area contributed by atoms with Gasteiger partial charge in [0.25, 0.3) is 11.6 Å². The van der Waals surface area contributed by atoms with Gasteiger partial charge in [-0.1, -0.05) is 23.7 Å². The van der Waals surface area contributed by atoms with Crippen LogP contribution >= 0.6 is 11.6 Å². The number of nitro benzene ring substituents is 1. The average Bonchev–Trinajstić information content (AvgIpc) is 3.44. The van der Waals surface area contributed by atoms with E-state index in [1.54, 1.807) is 30.0 Å². The molecule has 1 saturated carbocycles. The van der Waals surface area contributed by atoms with Crippen LogP contribution in [-0.4, -0.2) is 32.0 Å². The van der Waals surface area contributed by atoms with Crippen molar-refractivity contribution in [2.24, 2.45) is 0 Å². The van der Waals surface area contributed by atoms with Crippen molar-refractivity contribution < 1.29 is 14.1 Å². The zero-order valence-corrected chi connectivity index (χ0v) is 16.3. The highest BCUT2D eigenvalue weighted by atomic mass is 35.5. The van der Waals surface area contributed by atoms with Crippen molar-refractivity contribution in [3.63, 3.8) is 0 Å². The monoisotopic (exact) mass is 412 g/mol. The van der Waals surface area contributed by atoms with Gasteiger partial charge in [-0.25, -0.2) is 0 Å². The number of aromatic nitrogens is 2. The first kappa shape index (κ1) is 19.1. The van der Waals surface area contributed by atoms with E-state index in [-0.39, 0.29) is 24.2 Å². The molecule has 0 aliphatic heterocycles. The summed E-state index contributed by atoms with van der Waals surface area (Å²) in [5, 5.41) is 19.6. The van der Waals surface area contributed by atoms with E-state index in [9.17, 15) is 14.9 Å². The van der Waals surface area contributed by atoms with Crippen molar-refractivity contribution in [2.75, 3.05) is 0 Å². The molecular weight excluding hydrogens is 396 g/mol. The average molecular weight is 413 g/mol. The lowest BCUT2D eigenvalue weighted by Crippen LogP contribution is -2.32. The van der Waals surface area contributed by atoms with E-state index in [4.69, 9.17) is 16.0 Å². The minimum Gasteiger partial charge on any atom is -0.419 e. The smallest absolute Gasteiger partial charge is 0.272 e. The van der Waals surface area contributed by atoms with Crippen LogP contribution in [-0.2, 0) is 6.54 Å². The summed E-state index contributed by atoms with van der Waals surface area (Å²) < 4.78 is 5.73. The minimum atomic E-state index is -0.461. The number of aryl methyl sites for hydroxylation is 1. The van der Waals surface area contributed by atoms with Gasteiger partial charge in [-0.05, 0) is 44.0 Å². The molecule has 0 spiro atoms. The van der Waals surface area contributed by atoms with Gasteiger partial charge >= 0.3 is 0 Å². The zero-order chi connectivity index (χ0) is 20.5. The van der Waals surface area contributed by atoms with E-state index in [1.165, 1.54) is 12.1 Å². The molecule has 9 heteroatoms. The third kappa shape index (κ3) is 3.97. The first-order chi connectivity index (χ1) is 13.9. The fraction of sp³-hybridized carbons (Fsp3) is 0.250. The Labute approximate surface area is 171 Å². The molecule has 0 atom stereocenters. The summed E-state index contributed by atoms with van der Waals surface area (Å²) in [5.41, 5.74) is 1.45. The summed E-state index contributed by atoms with van der Waals surface area (Å²) in [5.74, 6) is 0.377. The van der Waals surface area contributed by atoms with Crippen molar-refractivity contribution in [3.05, 3.63) is 74.6 Å². The molecule has 3 aromatic rings. The van der Waals surface area contributed by atoms with Gasteiger partial charge in [-0.2, -0.15) is 0 Å². The molecule has 148 valence electrons. The SMILES string of the molecule is Cc1cc(C(=O)N(Cc2nnc(-c3ccccc3Cl)o2)C2CC2)ccc1[N+](=O)[O-]. The highest BCUT2D eigenvalue weighted by molar-refractivity contribution is 6.33. The predicted molar refractivity (Wildman–Crippen MR) is 105 cm³/mol. The molecule has 0 unspecified atom stereocenters. The maximum Gasteiger partial charge on any atom is 0.272 e. The molecule has 4 rings (SSSR count). The van der Waals surface area contributed by atoms with Crippen molar-refractivity contribution in [1.29, 1.82) is 0 Å². The molecule has 1 aromatic heterocycles. The summed E-state index contributed by atoms with van der Waals surface area (Å²) >= 11 is 6.17. The Kier molecular flexibility index (Phi) is 5.02. The summed E-state index contributed by atoms with van der Waals surface area (Å²) in [6, 6.07) is 11.6. The van der Waals surface area contributed by atoms with Crippen molar-refractivity contribution >= 4 is 23.2 Å². The van der Waals surface area contributed by atoms with Crippen LogP contribution in [0.5, 0.6) is 0 Å². The Bertz CT molecular complexity index is 1090.